The second kappa shape index (κ2) is 4.37. The van der Waals surface area contributed by atoms with Gasteiger partial charge in [0.2, 0.25) is 0 Å². The van der Waals surface area contributed by atoms with Crippen LogP contribution in [0.25, 0.3) is 11.0 Å². The quantitative estimate of drug-likeness (QED) is 0.875. The molecule has 1 aliphatic rings. The molecule has 4 nitrogen and oxygen atoms in total. The zero-order valence-corrected chi connectivity index (χ0v) is 10.0. The summed E-state index contributed by atoms with van der Waals surface area (Å²) in [6.45, 7) is 2.13. The van der Waals surface area contributed by atoms with Crippen LogP contribution in [0.1, 0.15) is 12.8 Å². The van der Waals surface area contributed by atoms with Gasteiger partial charge >= 0.3 is 0 Å². The Labute approximate surface area is 101 Å². The van der Waals surface area contributed by atoms with E-state index >= 15 is 0 Å². The summed E-state index contributed by atoms with van der Waals surface area (Å²) in [6, 6.07) is 6.65. The van der Waals surface area contributed by atoms with Gasteiger partial charge in [0, 0.05) is 12.6 Å². The number of ether oxygens (including phenoxy) is 1. The largest absolute Gasteiger partial charge is 0.494 e. The van der Waals surface area contributed by atoms with E-state index in [-0.39, 0.29) is 0 Å². The Bertz CT molecular complexity index is 514. The van der Waals surface area contributed by atoms with Crippen molar-refractivity contribution in [1.29, 1.82) is 0 Å². The molecule has 0 radical (unpaired) electrons. The minimum atomic E-state index is 0.582. The van der Waals surface area contributed by atoms with E-state index in [1.54, 1.807) is 7.11 Å². The van der Waals surface area contributed by atoms with Crippen LogP contribution in [0.5, 0.6) is 5.75 Å². The van der Waals surface area contributed by atoms with Gasteiger partial charge in [0.25, 0.3) is 0 Å². The molecule has 0 aliphatic carbocycles. The lowest BCUT2D eigenvalue weighted by molar-refractivity contribution is 0.419. The smallest absolute Gasteiger partial charge is 0.146 e. The van der Waals surface area contributed by atoms with E-state index in [4.69, 9.17) is 4.74 Å². The lowest BCUT2D eigenvalue weighted by atomic mass is 10.2. The number of imidazole rings is 1. The van der Waals surface area contributed by atoms with E-state index in [2.05, 4.69) is 20.9 Å². The van der Waals surface area contributed by atoms with Crippen molar-refractivity contribution in [2.75, 3.05) is 13.7 Å². The van der Waals surface area contributed by atoms with Crippen LogP contribution in [-0.4, -0.2) is 29.2 Å². The van der Waals surface area contributed by atoms with Gasteiger partial charge in [-0.25, -0.2) is 4.98 Å². The Kier molecular flexibility index (Phi) is 2.73. The third-order valence-electron chi connectivity index (χ3n) is 3.41. The van der Waals surface area contributed by atoms with Crippen molar-refractivity contribution in [3.63, 3.8) is 0 Å². The van der Waals surface area contributed by atoms with Crippen LogP contribution in [0.15, 0.2) is 24.5 Å². The first-order valence-electron chi connectivity index (χ1n) is 6.09. The average Bonchev–Trinajstić information content (AvgIpc) is 2.99. The molecule has 1 unspecified atom stereocenters. The van der Waals surface area contributed by atoms with Gasteiger partial charge in [-0.05, 0) is 31.5 Å². The van der Waals surface area contributed by atoms with Gasteiger partial charge in [0.15, 0.2) is 0 Å². The number of nitrogens with zero attached hydrogens (tertiary/aromatic N) is 2. The number of benzene rings is 1. The van der Waals surface area contributed by atoms with Crippen molar-refractivity contribution in [2.24, 2.45) is 0 Å². The van der Waals surface area contributed by atoms with E-state index in [0.717, 1.165) is 29.9 Å². The number of nitrogens with one attached hydrogen (secondary N) is 1. The first kappa shape index (κ1) is 10.6. The van der Waals surface area contributed by atoms with Crippen LogP contribution in [-0.2, 0) is 6.54 Å². The van der Waals surface area contributed by atoms with Crippen LogP contribution in [0.4, 0.5) is 0 Å². The van der Waals surface area contributed by atoms with Crippen molar-refractivity contribution < 1.29 is 4.74 Å². The first-order chi connectivity index (χ1) is 8.38. The van der Waals surface area contributed by atoms with E-state index in [1.165, 1.54) is 12.8 Å². The van der Waals surface area contributed by atoms with Crippen molar-refractivity contribution in [1.82, 2.24) is 14.9 Å². The number of para-hydroxylation sites is 1. The zero-order valence-electron chi connectivity index (χ0n) is 10.0. The molecule has 2 heterocycles. The fourth-order valence-corrected chi connectivity index (χ4v) is 2.52. The molecule has 1 aromatic heterocycles. The highest BCUT2D eigenvalue weighted by molar-refractivity contribution is 5.81. The molecule has 1 N–H and O–H groups in total. The zero-order chi connectivity index (χ0) is 11.7. The summed E-state index contributed by atoms with van der Waals surface area (Å²) in [5.74, 6) is 0.848. The Morgan fingerprint density at radius 3 is 3.24 bits per heavy atom. The highest BCUT2D eigenvalue weighted by Gasteiger charge is 2.16. The topological polar surface area (TPSA) is 39.1 Å². The normalized spacial score (nSPS) is 19.9. The minimum absolute atomic E-state index is 0.582. The van der Waals surface area contributed by atoms with Gasteiger partial charge < -0.3 is 14.6 Å². The number of fused-ring (bicyclic) bond motifs is 1. The van der Waals surface area contributed by atoms with Gasteiger partial charge in [-0.2, -0.15) is 0 Å². The SMILES string of the molecule is COc1cccc2c1ncn2CC1CCCN1. The molecule has 1 saturated heterocycles. The Morgan fingerprint density at radius 2 is 2.47 bits per heavy atom. The van der Waals surface area contributed by atoms with Crippen LogP contribution < -0.4 is 10.1 Å². The van der Waals surface area contributed by atoms with Gasteiger partial charge in [-0.1, -0.05) is 6.07 Å². The molecule has 4 heteroatoms. The molecule has 17 heavy (non-hydrogen) atoms. The van der Waals surface area contributed by atoms with Gasteiger partial charge in [0.1, 0.15) is 11.3 Å². The third kappa shape index (κ3) is 1.89. The van der Waals surface area contributed by atoms with Crippen molar-refractivity contribution in [3.8, 4) is 5.75 Å². The van der Waals surface area contributed by atoms with Crippen molar-refractivity contribution >= 4 is 11.0 Å². The molecule has 0 amide bonds. The fraction of sp³-hybridized carbons (Fsp3) is 0.462. The molecule has 0 bridgehead atoms. The second-order valence-corrected chi connectivity index (χ2v) is 4.52. The van der Waals surface area contributed by atoms with Crippen LogP contribution in [0.2, 0.25) is 0 Å². The standard InChI is InChI=1S/C13H17N3O/c1-17-12-6-2-5-11-13(12)15-9-16(11)8-10-4-3-7-14-10/h2,5-6,9-10,14H,3-4,7-8H2,1H3. The van der Waals surface area contributed by atoms with Crippen molar-refractivity contribution in [2.45, 2.75) is 25.4 Å². The molecular weight excluding hydrogens is 214 g/mol. The first-order valence-corrected chi connectivity index (χ1v) is 6.09. The molecule has 1 aromatic carbocycles. The number of aromatic nitrogens is 2. The Hall–Kier alpha value is -1.55. The molecule has 90 valence electrons. The molecule has 2 aromatic rings. The van der Waals surface area contributed by atoms with Crippen LogP contribution in [0.3, 0.4) is 0 Å². The summed E-state index contributed by atoms with van der Waals surface area (Å²) in [5, 5.41) is 3.51. The Balaban J connectivity index is 1.94. The lowest BCUT2D eigenvalue weighted by Gasteiger charge is -2.11. The maximum absolute atomic E-state index is 5.32. The highest BCUT2D eigenvalue weighted by Crippen LogP contribution is 2.24. The molecule has 1 fully saturated rings. The van der Waals surface area contributed by atoms with E-state index < -0.39 is 0 Å². The summed E-state index contributed by atoms with van der Waals surface area (Å²) < 4.78 is 7.53. The van der Waals surface area contributed by atoms with Crippen LogP contribution in [0, 0.1) is 0 Å². The van der Waals surface area contributed by atoms with E-state index in [9.17, 15) is 0 Å². The van der Waals surface area contributed by atoms with Crippen molar-refractivity contribution in [3.05, 3.63) is 24.5 Å². The van der Waals surface area contributed by atoms with E-state index in [0.29, 0.717) is 6.04 Å². The summed E-state index contributed by atoms with van der Waals surface area (Å²) in [6.07, 6.45) is 4.44. The monoisotopic (exact) mass is 231 g/mol. The maximum atomic E-state index is 5.32. The predicted molar refractivity (Wildman–Crippen MR) is 67.3 cm³/mol. The predicted octanol–water partition coefficient (Wildman–Crippen LogP) is 1.80. The molecule has 0 spiro atoms. The number of methoxy groups -OCH3 is 1. The van der Waals surface area contributed by atoms with Gasteiger partial charge in [-0.3, -0.25) is 0 Å². The third-order valence-corrected chi connectivity index (χ3v) is 3.41. The highest BCUT2D eigenvalue weighted by atomic mass is 16.5. The summed E-state index contributed by atoms with van der Waals surface area (Å²) in [5.41, 5.74) is 2.10. The molecule has 1 atom stereocenters. The summed E-state index contributed by atoms with van der Waals surface area (Å²) >= 11 is 0. The average molecular weight is 231 g/mol. The summed E-state index contributed by atoms with van der Waals surface area (Å²) in [7, 11) is 1.69. The Morgan fingerprint density at radius 1 is 1.53 bits per heavy atom. The number of hydrogen-bond donors (Lipinski definition) is 1. The molecule has 0 saturated carbocycles. The van der Waals surface area contributed by atoms with E-state index in [1.807, 2.05) is 18.5 Å². The van der Waals surface area contributed by atoms with Gasteiger partial charge in [0.05, 0.1) is 19.0 Å². The molecular formula is C13H17N3O. The lowest BCUT2D eigenvalue weighted by Crippen LogP contribution is -2.26. The second-order valence-electron chi connectivity index (χ2n) is 4.52. The summed E-state index contributed by atoms with van der Waals surface area (Å²) in [4.78, 5) is 4.44. The minimum Gasteiger partial charge on any atom is -0.494 e. The molecule has 3 rings (SSSR count). The number of rotatable bonds is 3. The molecule has 1 aliphatic heterocycles. The van der Waals surface area contributed by atoms with Gasteiger partial charge in [-0.15, -0.1) is 0 Å². The maximum Gasteiger partial charge on any atom is 0.146 e. The number of hydrogen-bond acceptors (Lipinski definition) is 3. The fourth-order valence-electron chi connectivity index (χ4n) is 2.52. The van der Waals surface area contributed by atoms with Crippen LogP contribution >= 0.6 is 0 Å².